The van der Waals surface area contributed by atoms with Crippen molar-refractivity contribution in [2.45, 2.75) is 59.1 Å². The number of hydrogen-bond donors (Lipinski definition) is 0. The second kappa shape index (κ2) is 6.33. The van der Waals surface area contributed by atoms with E-state index in [1.807, 2.05) is 27.7 Å². The van der Waals surface area contributed by atoms with Gasteiger partial charge in [0.15, 0.2) is 0 Å². The highest BCUT2D eigenvalue weighted by Gasteiger charge is 2.26. The van der Waals surface area contributed by atoms with E-state index in [0.717, 1.165) is 18.6 Å². The number of hydrogen-bond acceptors (Lipinski definition) is 2. The molecule has 15 heavy (non-hydrogen) atoms. The molecule has 0 aliphatic heterocycles. The van der Waals surface area contributed by atoms with Crippen LogP contribution in [-0.2, 0) is 11.4 Å². The van der Waals surface area contributed by atoms with E-state index in [0.29, 0.717) is 0 Å². The van der Waals surface area contributed by atoms with Crippen molar-refractivity contribution in [3.8, 4) is 0 Å². The average Bonchev–Trinajstić information content (AvgIpc) is 2.01. The second-order valence-corrected chi connectivity index (χ2v) is 6.91. The number of rotatable bonds is 4. The predicted octanol–water partition coefficient (Wildman–Crippen LogP) is 3.66. The Balaban J connectivity index is 4.15. The van der Waals surface area contributed by atoms with Crippen LogP contribution in [0.2, 0.25) is 0 Å². The number of allylic oxidation sites excluding steroid dienone is 2. The van der Waals surface area contributed by atoms with Gasteiger partial charge in [0.25, 0.3) is 0 Å². The zero-order chi connectivity index (χ0) is 12.1. The predicted molar refractivity (Wildman–Crippen MR) is 69.7 cm³/mol. The molecule has 0 spiro atoms. The van der Waals surface area contributed by atoms with Gasteiger partial charge >= 0.3 is 0 Å². The molecule has 0 rings (SSSR count). The highest BCUT2D eigenvalue weighted by molar-refractivity contribution is 7.91. The van der Waals surface area contributed by atoms with Crippen LogP contribution in [0, 0.1) is 0 Å². The van der Waals surface area contributed by atoms with Gasteiger partial charge in [0.05, 0.1) is 5.71 Å². The summed E-state index contributed by atoms with van der Waals surface area (Å²) >= 11 is -1.11. The van der Waals surface area contributed by atoms with Gasteiger partial charge in [-0.15, -0.1) is 0 Å². The van der Waals surface area contributed by atoms with Gasteiger partial charge in [-0.2, -0.15) is 0 Å². The summed E-state index contributed by atoms with van der Waals surface area (Å²) in [7, 11) is 0. The first-order valence-corrected chi connectivity index (χ1v) is 6.43. The van der Waals surface area contributed by atoms with Crippen molar-refractivity contribution in [3.63, 3.8) is 0 Å². The summed E-state index contributed by atoms with van der Waals surface area (Å²) in [5, 5.41) is 0. The molecule has 1 unspecified atom stereocenters. The molecular weight excluding hydrogens is 206 g/mol. The molecule has 0 aromatic heterocycles. The maximum atomic E-state index is 11.7. The van der Waals surface area contributed by atoms with Crippen molar-refractivity contribution < 1.29 is 4.55 Å². The molecule has 0 fully saturated rings. The Kier molecular flexibility index (Phi) is 6.22. The molecule has 1 atom stereocenters. The van der Waals surface area contributed by atoms with Crippen LogP contribution in [0.3, 0.4) is 0 Å². The number of nitrogens with zero attached hydrogens (tertiary/aromatic N) is 1. The molecule has 2 nitrogen and oxygen atoms in total. The molecule has 0 radical (unpaired) electrons. The van der Waals surface area contributed by atoms with Gasteiger partial charge in [-0.25, -0.2) is 0 Å². The maximum Gasteiger partial charge on any atom is 0.144 e. The van der Waals surface area contributed by atoms with E-state index in [1.165, 1.54) is 5.57 Å². The van der Waals surface area contributed by atoms with Gasteiger partial charge in [0.2, 0.25) is 0 Å². The molecule has 0 aromatic rings. The van der Waals surface area contributed by atoms with Gasteiger partial charge in [-0.3, -0.25) is 0 Å². The minimum atomic E-state index is -1.11. The third kappa shape index (κ3) is 7.63. The van der Waals surface area contributed by atoms with Crippen LogP contribution >= 0.6 is 0 Å². The van der Waals surface area contributed by atoms with Crippen LogP contribution in [0.15, 0.2) is 16.0 Å². The van der Waals surface area contributed by atoms with E-state index in [9.17, 15) is 4.55 Å². The highest BCUT2D eigenvalue weighted by atomic mass is 32.2. The van der Waals surface area contributed by atoms with E-state index in [1.54, 1.807) is 0 Å². The molecule has 3 heteroatoms. The first-order valence-electron chi connectivity index (χ1n) is 5.33. The molecule has 0 aliphatic carbocycles. The van der Waals surface area contributed by atoms with Gasteiger partial charge in [-0.1, -0.05) is 16.0 Å². The Morgan fingerprint density at radius 2 is 1.80 bits per heavy atom. The molecular formula is C12H23NOS. The van der Waals surface area contributed by atoms with Crippen molar-refractivity contribution in [2.24, 2.45) is 4.40 Å². The highest BCUT2D eigenvalue weighted by Crippen LogP contribution is 2.17. The van der Waals surface area contributed by atoms with Crippen LogP contribution in [0.1, 0.15) is 54.4 Å². The summed E-state index contributed by atoms with van der Waals surface area (Å²) in [4.78, 5) is 0. The zero-order valence-electron chi connectivity index (χ0n) is 10.8. The van der Waals surface area contributed by atoms with Crippen molar-refractivity contribution in [1.82, 2.24) is 0 Å². The fourth-order valence-electron chi connectivity index (χ4n) is 0.894. The Labute approximate surface area is 97.2 Å². The quantitative estimate of drug-likeness (QED) is 0.411. The first-order chi connectivity index (χ1) is 6.73. The van der Waals surface area contributed by atoms with Crippen molar-refractivity contribution in [2.75, 3.05) is 0 Å². The molecule has 0 amide bonds. The summed E-state index contributed by atoms with van der Waals surface area (Å²) < 4.78 is 15.6. The van der Waals surface area contributed by atoms with Gasteiger partial charge in [0.1, 0.15) is 16.1 Å². The van der Waals surface area contributed by atoms with Gasteiger partial charge in [0, 0.05) is 0 Å². The smallest absolute Gasteiger partial charge is 0.144 e. The zero-order valence-corrected chi connectivity index (χ0v) is 11.6. The monoisotopic (exact) mass is 229 g/mol. The van der Waals surface area contributed by atoms with E-state index in [2.05, 4.69) is 24.3 Å². The normalized spacial score (nSPS) is 15.0. The molecule has 0 N–H and O–H groups in total. The fourth-order valence-corrected chi connectivity index (χ4v) is 1.54. The lowest BCUT2D eigenvalue weighted by Crippen LogP contribution is -2.26. The Bertz CT molecular complexity index is 247. The van der Waals surface area contributed by atoms with Crippen LogP contribution in [0.25, 0.3) is 0 Å². The second-order valence-electron chi connectivity index (χ2n) is 5.01. The Morgan fingerprint density at radius 3 is 2.20 bits per heavy atom. The van der Waals surface area contributed by atoms with E-state index >= 15 is 0 Å². The lowest BCUT2D eigenvalue weighted by molar-refractivity contribution is 0.561. The third-order valence-electron chi connectivity index (χ3n) is 1.82. The summed E-state index contributed by atoms with van der Waals surface area (Å²) in [6.07, 6.45) is 4.06. The van der Waals surface area contributed by atoms with Crippen LogP contribution in [0.4, 0.5) is 0 Å². The molecule has 0 aliphatic rings. The molecule has 0 aromatic carbocycles. The third-order valence-corrected chi connectivity index (χ3v) is 3.35. The topological polar surface area (TPSA) is 35.4 Å². The minimum absolute atomic E-state index is 0.252. The summed E-state index contributed by atoms with van der Waals surface area (Å²) in [6, 6.07) is 0. The van der Waals surface area contributed by atoms with Crippen LogP contribution in [-0.4, -0.2) is 15.0 Å². The van der Waals surface area contributed by atoms with Crippen molar-refractivity contribution in [3.05, 3.63) is 11.6 Å². The van der Waals surface area contributed by atoms with E-state index in [4.69, 9.17) is 0 Å². The summed E-state index contributed by atoms with van der Waals surface area (Å²) in [6.45, 7) is 11.9. The standard InChI is InChI=1S/C12H23NOS/c1-10(2)8-7-9-11(3)13-15(14)12(4,5)6/h8H,7,9H2,1-6H3. The summed E-state index contributed by atoms with van der Waals surface area (Å²) in [5.74, 6) is 0. The SMILES string of the molecule is CC(C)=CCCC(C)=N[S+]([O-])C(C)(C)C. The molecule has 88 valence electrons. The van der Waals surface area contributed by atoms with E-state index in [-0.39, 0.29) is 4.75 Å². The van der Waals surface area contributed by atoms with Crippen molar-refractivity contribution in [1.29, 1.82) is 0 Å². The van der Waals surface area contributed by atoms with Crippen LogP contribution < -0.4 is 0 Å². The van der Waals surface area contributed by atoms with Gasteiger partial charge < -0.3 is 4.55 Å². The molecule has 0 saturated heterocycles. The largest absolute Gasteiger partial charge is 0.591 e. The first kappa shape index (κ1) is 14.7. The van der Waals surface area contributed by atoms with Crippen molar-refractivity contribution >= 4 is 17.1 Å². The fraction of sp³-hybridized carbons (Fsp3) is 0.750. The maximum absolute atomic E-state index is 11.7. The van der Waals surface area contributed by atoms with Crippen LogP contribution in [0.5, 0.6) is 0 Å². The molecule has 0 bridgehead atoms. The Morgan fingerprint density at radius 1 is 1.27 bits per heavy atom. The Hall–Kier alpha value is -0.280. The average molecular weight is 229 g/mol. The van der Waals surface area contributed by atoms with E-state index < -0.39 is 11.4 Å². The lowest BCUT2D eigenvalue weighted by Gasteiger charge is -2.18. The molecule has 0 saturated carbocycles. The van der Waals surface area contributed by atoms with Gasteiger partial charge in [-0.05, 0) is 54.4 Å². The summed E-state index contributed by atoms with van der Waals surface area (Å²) in [5.41, 5.74) is 2.29. The minimum Gasteiger partial charge on any atom is -0.591 e. The lowest BCUT2D eigenvalue weighted by atomic mass is 10.2. The molecule has 0 heterocycles.